The fourth-order valence-electron chi connectivity index (χ4n) is 5.46. The third kappa shape index (κ3) is 1.65. The number of nitrogens with one attached hydrogen (secondary N) is 1. The zero-order chi connectivity index (χ0) is 13.0. The van der Waals surface area contributed by atoms with Crippen LogP contribution in [0.3, 0.4) is 0 Å². The maximum Gasteiger partial charge on any atom is 0.312 e. The van der Waals surface area contributed by atoms with E-state index in [1.54, 1.807) is 0 Å². The second-order valence-corrected chi connectivity index (χ2v) is 7.22. The van der Waals surface area contributed by atoms with Crippen molar-refractivity contribution in [3.63, 3.8) is 0 Å². The van der Waals surface area contributed by atoms with Crippen LogP contribution >= 0.6 is 0 Å². The summed E-state index contributed by atoms with van der Waals surface area (Å²) in [7, 11) is 0. The van der Waals surface area contributed by atoms with Crippen molar-refractivity contribution in [2.45, 2.75) is 51.0 Å². The fourth-order valence-corrected chi connectivity index (χ4v) is 5.46. The van der Waals surface area contributed by atoms with Gasteiger partial charge in [-0.25, -0.2) is 4.79 Å². The maximum absolute atomic E-state index is 11.3. The average molecular weight is 251 g/mol. The number of urea groups is 1. The summed E-state index contributed by atoms with van der Waals surface area (Å²) in [5, 5.41) is 2.98. The molecule has 4 aliphatic rings. The zero-order valence-corrected chi connectivity index (χ0v) is 11.2. The molecule has 5 N–H and O–H groups in total. The fraction of sp³-hybridized carbons (Fsp3) is 0.929. The molecule has 2 amide bonds. The summed E-state index contributed by atoms with van der Waals surface area (Å²) in [5.41, 5.74) is 11.2. The molecule has 0 aromatic heterocycles. The van der Waals surface area contributed by atoms with Crippen molar-refractivity contribution in [1.82, 2.24) is 5.32 Å². The molecule has 4 fully saturated rings. The van der Waals surface area contributed by atoms with Gasteiger partial charge in [0.1, 0.15) is 0 Å². The summed E-state index contributed by atoms with van der Waals surface area (Å²) >= 11 is 0. The van der Waals surface area contributed by atoms with Crippen LogP contribution in [0.15, 0.2) is 0 Å². The van der Waals surface area contributed by atoms with Gasteiger partial charge in [0, 0.05) is 6.54 Å². The van der Waals surface area contributed by atoms with Crippen LogP contribution in [-0.4, -0.2) is 18.1 Å². The maximum atomic E-state index is 11.3. The van der Waals surface area contributed by atoms with Crippen molar-refractivity contribution in [2.24, 2.45) is 34.6 Å². The lowest BCUT2D eigenvalue weighted by molar-refractivity contribution is -0.0972. The highest BCUT2D eigenvalue weighted by atomic mass is 16.2. The minimum atomic E-state index is -0.432. The first kappa shape index (κ1) is 12.3. The molecular weight excluding hydrogens is 226 g/mol. The predicted molar refractivity (Wildman–Crippen MR) is 70.8 cm³/mol. The van der Waals surface area contributed by atoms with Crippen molar-refractivity contribution < 1.29 is 4.79 Å². The smallest absolute Gasteiger partial charge is 0.312 e. The van der Waals surface area contributed by atoms with Gasteiger partial charge in [-0.2, -0.15) is 0 Å². The Labute approximate surface area is 109 Å². The monoisotopic (exact) mass is 251 g/mol. The summed E-state index contributed by atoms with van der Waals surface area (Å²) < 4.78 is 0. The van der Waals surface area contributed by atoms with Gasteiger partial charge >= 0.3 is 6.03 Å². The van der Waals surface area contributed by atoms with Crippen LogP contribution in [0.1, 0.15) is 45.4 Å². The van der Waals surface area contributed by atoms with Crippen molar-refractivity contribution in [1.29, 1.82) is 0 Å². The predicted octanol–water partition coefficient (Wildman–Crippen LogP) is 1.59. The van der Waals surface area contributed by atoms with Crippen molar-refractivity contribution in [2.75, 3.05) is 6.54 Å². The Hall–Kier alpha value is -0.770. The molecule has 0 heterocycles. The van der Waals surface area contributed by atoms with Crippen molar-refractivity contribution >= 4 is 6.03 Å². The van der Waals surface area contributed by atoms with E-state index in [0.717, 1.165) is 17.8 Å². The third-order valence-corrected chi connectivity index (χ3v) is 6.02. The van der Waals surface area contributed by atoms with Crippen LogP contribution in [0.5, 0.6) is 0 Å². The van der Waals surface area contributed by atoms with Crippen LogP contribution in [0.25, 0.3) is 0 Å². The number of rotatable bonds is 3. The first-order valence-electron chi connectivity index (χ1n) is 7.24. The number of hydrogen-bond acceptors (Lipinski definition) is 2. The molecule has 0 spiro atoms. The van der Waals surface area contributed by atoms with E-state index in [1.165, 1.54) is 38.5 Å². The highest BCUT2D eigenvalue weighted by molar-refractivity contribution is 5.72. The van der Waals surface area contributed by atoms with Crippen molar-refractivity contribution in [3.8, 4) is 0 Å². The molecule has 4 heteroatoms. The highest BCUT2D eigenvalue weighted by Gasteiger charge is 2.58. The van der Waals surface area contributed by atoms with Gasteiger partial charge in [0.05, 0.1) is 5.54 Å². The van der Waals surface area contributed by atoms with E-state index in [1.807, 2.05) is 0 Å². The van der Waals surface area contributed by atoms with Gasteiger partial charge in [0.15, 0.2) is 0 Å². The number of hydrogen-bond donors (Lipinski definition) is 3. The third-order valence-electron chi connectivity index (χ3n) is 6.02. The molecule has 0 aromatic carbocycles. The van der Waals surface area contributed by atoms with E-state index in [0.29, 0.717) is 6.54 Å². The van der Waals surface area contributed by atoms with Crippen LogP contribution in [0, 0.1) is 23.2 Å². The Morgan fingerprint density at radius 1 is 1.22 bits per heavy atom. The molecule has 0 aromatic rings. The Morgan fingerprint density at radius 2 is 1.67 bits per heavy atom. The van der Waals surface area contributed by atoms with Gasteiger partial charge in [-0.05, 0) is 68.6 Å². The van der Waals surface area contributed by atoms with Gasteiger partial charge in [0.25, 0.3) is 0 Å². The lowest BCUT2D eigenvalue weighted by atomic mass is 9.45. The molecule has 4 rings (SSSR count). The molecule has 4 saturated carbocycles. The van der Waals surface area contributed by atoms with Crippen LogP contribution < -0.4 is 16.8 Å². The first-order valence-corrected chi connectivity index (χ1v) is 7.24. The summed E-state index contributed by atoms with van der Waals surface area (Å²) in [4.78, 5) is 11.3. The summed E-state index contributed by atoms with van der Waals surface area (Å²) in [5.74, 6) is 2.57. The first-order chi connectivity index (χ1) is 8.46. The second-order valence-electron chi connectivity index (χ2n) is 7.22. The topological polar surface area (TPSA) is 81.1 Å². The molecular formula is C14H25N3O. The quantitative estimate of drug-likeness (QED) is 0.712. The lowest BCUT2D eigenvalue weighted by Gasteiger charge is -2.62. The van der Waals surface area contributed by atoms with Crippen LogP contribution in [0.2, 0.25) is 0 Å². The number of amides is 2. The largest absolute Gasteiger partial charge is 0.352 e. The summed E-state index contributed by atoms with van der Waals surface area (Å²) in [6.45, 7) is 2.59. The normalized spacial score (nSPS) is 44.7. The Morgan fingerprint density at radius 3 is 2.00 bits per heavy atom. The van der Waals surface area contributed by atoms with Crippen LogP contribution in [0.4, 0.5) is 4.79 Å². The molecule has 0 radical (unpaired) electrons. The molecule has 18 heavy (non-hydrogen) atoms. The molecule has 1 unspecified atom stereocenters. The van der Waals surface area contributed by atoms with Crippen LogP contribution in [-0.2, 0) is 0 Å². The Kier molecular flexibility index (Phi) is 2.63. The highest BCUT2D eigenvalue weighted by Crippen LogP contribution is 2.63. The van der Waals surface area contributed by atoms with E-state index >= 15 is 0 Å². The van der Waals surface area contributed by atoms with E-state index in [4.69, 9.17) is 11.5 Å². The lowest BCUT2D eigenvalue weighted by Crippen LogP contribution is -2.67. The molecule has 1 atom stereocenters. The van der Waals surface area contributed by atoms with E-state index in [2.05, 4.69) is 12.2 Å². The molecule has 0 aliphatic heterocycles. The molecule has 4 nitrogen and oxygen atoms in total. The molecule has 102 valence electrons. The molecule has 0 saturated heterocycles. The van der Waals surface area contributed by atoms with Gasteiger partial charge in [-0.15, -0.1) is 0 Å². The standard InChI is InChI=1S/C14H25N3O/c1-13(8-15,17-12(16)18)14-5-9-2-10(6-14)4-11(3-9)7-14/h9-11H,2-8,15H2,1H3,(H3,16,17,18). The number of primary amides is 1. The second kappa shape index (κ2) is 3.86. The minimum absolute atomic E-state index is 0.200. The summed E-state index contributed by atoms with van der Waals surface area (Å²) in [6, 6.07) is -0.432. The Bertz CT molecular complexity index is 333. The van der Waals surface area contributed by atoms with E-state index in [9.17, 15) is 4.79 Å². The molecule has 4 aliphatic carbocycles. The number of nitrogens with two attached hydrogens (primary N) is 2. The average Bonchev–Trinajstić information content (AvgIpc) is 2.25. The van der Waals surface area contributed by atoms with Gasteiger partial charge < -0.3 is 16.8 Å². The number of carbonyl (C=O) groups excluding carboxylic acids is 1. The van der Waals surface area contributed by atoms with E-state index < -0.39 is 6.03 Å². The Balaban J connectivity index is 1.91. The van der Waals surface area contributed by atoms with E-state index in [-0.39, 0.29) is 11.0 Å². The van der Waals surface area contributed by atoms with Gasteiger partial charge in [-0.1, -0.05) is 0 Å². The molecule has 4 bridgehead atoms. The van der Waals surface area contributed by atoms with Gasteiger partial charge in [-0.3, -0.25) is 0 Å². The minimum Gasteiger partial charge on any atom is -0.352 e. The SMILES string of the molecule is CC(CN)(NC(N)=O)C12CC3CC(CC(C3)C1)C2. The summed E-state index contributed by atoms with van der Waals surface area (Å²) in [6.07, 6.45) is 7.89. The van der Waals surface area contributed by atoms with Crippen molar-refractivity contribution in [3.05, 3.63) is 0 Å². The van der Waals surface area contributed by atoms with Gasteiger partial charge in [0.2, 0.25) is 0 Å². The number of carbonyl (C=O) groups is 1. The zero-order valence-electron chi connectivity index (χ0n) is 11.2.